The van der Waals surface area contributed by atoms with Crippen molar-refractivity contribution in [2.45, 2.75) is 32.0 Å². The zero-order valence-corrected chi connectivity index (χ0v) is 10.7. The van der Waals surface area contributed by atoms with E-state index in [9.17, 15) is 9.59 Å². The normalized spacial score (nSPS) is 29.5. The Bertz CT molecular complexity index is 326. The minimum atomic E-state index is -0.971. The Morgan fingerprint density at radius 1 is 1.17 bits per heavy atom. The van der Waals surface area contributed by atoms with E-state index in [1.54, 1.807) is 4.90 Å². The van der Waals surface area contributed by atoms with Gasteiger partial charge in [-0.2, -0.15) is 0 Å². The van der Waals surface area contributed by atoms with Gasteiger partial charge in [0.2, 0.25) is 0 Å². The van der Waals surface area contributed by atoms with Gasteiger partial charge in [-0.15, -0.1) is 0 Å². The summed E-state index contributed by atoms with van der Waals surface area (Å²) in [5, 5.41) is 8.83. The van der Waals surface area contributed by atoms with E-state index in [0.717, 1.165) is 19.6 Å². The van der Waals surface area contributed by atoms with E-state index in [0.29, 0.717) is 25.9 Å². The highest BCUT2D eigenvalue weighted by atomic mass is 16.5. The average Bonchev–Trinajstić information content (AvgIpc) is 2.88. The highest BCUT2D eigenvalue weighted by Gasteiger charge is 2.37. The van der Waals surface area contributed by atoms with Crippen LogP contribution in [-0.2, 0) is 14.3 Å². The van der Waals surface area contributed by atoms with Crippen LogP contribution in [-0.4, -0.2) is 71.7 Å². The van der Waals surface area contributed by atoms with E-state index in [1.165, 1.54) is 0 Å². The van der Waals surface area contributed by atoms with E-state index >= 15 is 0 Å². The Hall–Kier alpha value is -1.14. The van der Waals surface area contributed by atoms with E-state index in [-0.39, 0.29) is 5.91 Å². The Balaban J connectivity index is 1.84. The van der Waals surface area contributed by atoms with Crippen LogP contribution in [0.5, 0.6) is 0 Å². The Labute approximate surface area is 106 Å². The van der Waals surface area contributed by atoms with Gasteiger partial charge in [-0.1, -0.05) is 6.92 Å². The van der Waals surface area contributed by atoms with Crippen LogP contribution in [0.4, 0.5) is 0 Å². The zero-order chi connectivity index (χ0) is 13.1. The molecule has 1 N–H and O–H groups in total. The van der Waals surface area contributed by atoms with Crippen LogP contribution >= 0.6 is 0 Å². The lowest BCUT2D eigenvalue weighted by Crippen LogP contribution is -2.51. The molecule has 6 nitrogen and oxygen atoms in total. The van der Waals surface area contributed by atoms with Crippen molar-refractivity contribution in [1.29, 1.82) is 0 Å². The number of carbonyl (C=O) groups excluding carboxylic acids is 1. The molecule has 2 aliphatic heterocycles. The number of piperazine rings is 1. The van der Waals surface area contributed by atoms with Gasteiger partial charge in [0.1, 0.15) is 6.10 Å². The fraction of sp³-hybridized carbons (Fsp3) is 0.833. The topological polar surface area (TPSA) is 70.1 Å². The third-order valence-electron chi connectivity index (χ3n) is 3.70. The smallest absolute Gasteiger partial charge is 0.332 e. The summed E-state index contributed by atoms with van der Waals surface area (Å²) in [6.07, 6.45) is -0.417. The molecule has 1 amide bonds. The molecule has 2 fully saturated rings. The van der Waals surface area contributed by atoms with Crippen molar-refractivity contribution in [1.82, 2.24) is 9.80 Å². The predicted molar refractivity (Wildman–Crippen MR) is 64.2 cm³/mol. The SMILES string of the molecule is CCN1CCN(C(=O)C2CCC(C(=O)O)O2)CC1. The first kappa shape index (κ1) is 13.3. The monoisotopic (exact) mass is 256 g/mol. The number of ether oxygens (including phenoxy) is 1. The molecule has 2 rings (SSSR count). The van der Waals surface area contributed by atoms with Crippen LogP contribution in [0, 0.1) is 0 Å². The molecule has 0 radical (unpaired) electrons. The van der Waals surface area contributed by atoms with Gasteiger partial charge < -0.3 is 19.6 Å². The van der Waals surface area contributed by atoms with Gasteiger partial charge in [-0.25, -0.2) is 4.79 Å². The quantitative estimate of drug-likeness (QED) is 0.756. The fourth-order valence-electron chi connectivity index (χ4n) is 2.49. The van der Waals surface area contributed by atoms with Gasteiger partial charge >= 0.3 is 5.97 Å². The molecule has 0 aliphatic carbocycles. The van der Waals surface area contributed by atoms with Crippen LogP contribution in [0.2, 0.25) is 0 Å². The molecule has 0 aromatic heterocycles. The summed E-state index contributed by atoms with van der Waals surface area (Å²) in [7, 11) is 0. The van der Waals surface area contributed by atoms with Gasteiger partial charge in [0.05, 0.1) is 0 Å². The van der Waals surface area contributed by atoms with Gasteiger partial charge in [0.15, 0.2) is 6.10 Å². The number of carbonyl (C=O) groups is 2. The third kappa shape index (κ3) is 2.81. The minimum absolute atomic E-state index is 0.0468. The summed E-state index contributed by atoms with van der Waals surface area (Å²) < 4.78 is 5.29. The Morgan fingerprint density at radius 2 is 1.78 bits per heavy atom. The number of carboxylic acids is 1. The van der Waals surface area contributed by atoms with Crippen LogP contribution in [0.15, 0.2) is 0 Å². The van der Waals surface area contributed by atoms with Crippen molar-refractivity contribution >= 4 is 11.9 Å². The Morgan fingerprint density at radius 3 is 2.28 bits per heavy atom. The lowest BCUT2D eigenvalue weighted by atomic mass is 10.1. The van der Waals surface area contributed by atoms with E-state index in [1.807, 2.05) is 0 Å². The minimum Gasteiger partial charge on any atom is -0.479 e. The molecule has 0 saturated carbocycles. The molecule has 0 aromatic carbocycles. The van der Waals surface area contributed by atoms with E-state index < -0.39 is 18.2 Å². The first-order valence-electron chi connectivity index (χ1n) is 6.51. The largest absolute Gasteiger partial charge is 0.479 e. The first-order chi connectivity index (χ1) is 8.61. The molecule has 0 spiro atoms. The van der Waals surface area contributed by atoms with Gasteiger partial charge in [-0.3, -0.25) is 4.79 Å². The van der Waals surface area contributed by atoms with Crippen LogP contribution in [0.1, 0.15) is 19.8 Å². The van der Waals surface area contributed by atoms with Crippen LogP contribution < -0.4 is 0 Å². The molecule has 2 unspecified atom stereocenters. The molecule has 2 aliphatic rings. The molecule has 0 aromatic rings. The summed E-state index contributed by atoms with van der Waals surface area (Å²) in [4.78, 5) is 27.0. The van der Waals surface area contributed by atoms with Crippen molar-refractivity contribution in [3.8, 4) is 0 Å². The van der Waals surface area contributed by atoms with Crippen molar-refractivity contribution < 1.29 is 19.4 Å². The first-order valence-corrected chi connectivity index (χ1v) is 6.51. The van der Waals surface area contributed by atoms with Gasteiger partial charge in [0.25, 0.3) is 5.91 Å². The number of rotatable bonds is 3. The van der Waals surface area contributed by atoms with Crippen LogP contribution in [0.25, 0.3) is 0 Å². The number of aliphatic carboxylic acids is 1. The second-order valence-corrected chi connectivity index (χ2v) is 4.79. The number of likely N-dealkylation sites (N-methyl/N-ethyl adjacent to an activating group) is 1. The van der Waals surface area contributed by atoms with Crippen molar-refractivity contribution in [2.24, 2.45) is 0 Å². The number of amides is 1. The molecular weight excluding hydrogens is 236 g/mol. The van der Waals surface area contributed by atoms with Crippen molar-refractivity contribution in [3.63, 3.8) is 0 Å². The zero-order valence-electron chi connectivity index (χ0n) is 10.7. The summed E-state index contributed by atoms with van der Waals surface area (Å²) >= 11 is 0. The number of carboxylic acid groups (broad SMARTS) is 1. The highest BCUT2D eigenvalue weighted by molar-refractivity contribution is 5.82. The average molecular weight is 256 g/mol. The summed E-state index contributed by atoms with van der Waals surface area (Å²) in [5.41, 5.74) is 0. The van der Waals surface area contributed by atoms with Crippen LogP contribution in [0.3, 0.4) is 0 Å². The third-order valence-corrected chi connectivity index (χ3v) is 3.70. The lowest BCUT2D eigenvalue weighted by molar-refractivity contribution is -0.155. The van der Waals surface area contributed by atoms with Gasteiger partial charge in [-0.05, 0) is 19.4 Å². The number of hydrogen-bond acceptors (Lipinski definition) is 4. The molecule has 2 saturated heterocycles. The fourth-order valence-corrected chi connectivity index (χ4v) is 2.49. The number of nitrogens with zero attached hydrogens (tertiary/aromatic N) is 2. The molecule has 102 valence electrons. The molecule has 0 bridgehead atoms. The second-order valence-electron chi connectivity index (χ2n) is 4.79. The summed E-state index contributed by atoms with van der Waals surface area (Å²) in [6.45, 7) is 6.31. The van der Waals surface area contributed by atoms with Crippen molar-refractivity contribution in [2.75, 3.05) is 32.7 Å². The van der Waals surface area contributed by atoms with E-state index in [4.69, 9.17) is 9.84 Å². The summed E-state index contributed by atoms with van der Waals surface area (Å²) in [5.74, 6) is -1.02. The maximum Gasteiger partial charge on any atom is 0.332 e. The molecule has 18 heavy (non-hydrogen) atoms. The Kier molecular flexibility index (Phi) is 4.19. The van der Waals surface area contributed by atoms with E-state index in [2.05, 4.69) is 11.8 Å². The number of hydrogen-bond donors (Lipinski definition) is 1. The molecule has 2 heterocycles. The highest BCUT2D eigenvalue weighted by Crippen LogP contribution is 2.22. The van der Waals surface area contributed by atoms with Gasteiger partial charge in [0, 0.05) is 26.2 Å². The standard InChI is InChI=1S/C12H20N2O4/c1-2-13-5-7-14(8-6-13)11(15)9-3-4-10(18-9)12(16)17/h9-10H,2-8H2,1H3,(H,16,17). The molecular formula is C12H20N2O4. The van der Waals surface area contributed by atoms with Crippen molar-refractivity contribution in [3.05, 3.63) is 0 Å². The second kappa shape index (κ2) is 5.67. The maximum atomic E-state index is 12.2. The predicted octanol–water partition coefficient (Wildman–Crippen LogP) is -0.217. The maximum absolute atomic E-state index is 12.2. The summed E-state index contributed by atoms with van der Waals surface area (Å²) in [6, 6.07) is 0. The lowest BCUT2D eigenvalue weighted by Gasteiger charge is -2.35. The molecule has 6 heteroatoms. The molecule has 2 atom stereocenters.